The monoisotopic (exact) mass is 248 g/mol. The molecule has 0 unspecified atom stereocenters. The average molecular weight is 249 g/mol. The van der Waals surface area contributed by atoms with E-state index in [-0.39, 0.29) is 4.46 Å². The van der Waals surface area contributed by atoms with E-state index in [1.807, 2.05) is 43.4 Å². The summed E-state index contributed by atoms with van der Waals surface area (Å²) in [5.41, 5.74) is 1.15. The Balaban J connectivity index is 2.49. The number of rotatable bonds is 4. The molecule has 0 fully saturated rings. The highest BCUT2D eigenvalue weighted by molar-refractivity contribution is 6.87. The molecule has 0 amide bonds. The number of halogens is 2. The van der Waals surface area contributed by atoms with Gasteiger partial charge in [0.2, 0.25) is 8.32 Å². The lowest BCUT2D eigenvalue weighted by Gasteiger charge is -2.23. The summed E-state index contributed by atoms with van der Waals surface area (Å²) in [7, 11) is -1.93. The van der Waals surface area contributed by atoms with Crippen molar-refractivity contribution in [3.8, 4) is 0 Å². The van der Waals surface area contributed by atoms with Gasteiger partial charge in [-0.3, -0.25) is 0 Å². The lowest BCUT2D eigenvalue weighted by atomic mass is 10.2. The molecule has 0 bridgehead atoms. The molecule has 4 heteroatoms. The van der Waals surface area contributed by atoms with E-state index in [0.717, 1.165) is 5.56 Å². The number of benzene rings is 1. The molecule has 0 saturated carbocycles. The first-order valence-electron chi connectivity index (χ1n) is 4.48. The quantitative estimate of drug-likeness (QED) is 0.583. The molecule has 1 aromatic rings. The zero-order chi connectivity index (χ0) is 10.6. The molecule has 0 aliphatic carbocycles. The lowest BCUT2D eigenvalue weighted by Crippen LogP contribution is -2.38. The fraction of sp³-hybridized carbons (Fsp3) is 0.400. The lowest BCUT2D eigenvalue weighted by molar-refractivity contribution is 0.297. The third kappa shape index (κ3) is 3.62. The van der Waals surface area contributed by atoms with Crippen molar-refractivity contribution in [3.05, 3.63) is 35.9 Å². The fourth-order valence-electron chi connectivity index (χ4n) is 0.907. The van der Waals surface area contributed by atoms with Crippen molar-refractivity contribution in [2.24, 2.45) is 0 Å². The van der Waals surface area contributed by atoms with E-state index in [9.17, 15) is 0 Å². The van der Waals surface area contributed by atoms with Gasteiger partial charge in [0.15, 0.2) is 0 Å². The van der Waals surface area contributed by atoms with Crippen LogP contribution in [0.1, 0.15) is 5.56 Å². The third-order valence-electron chi connectivity index (χ3n) is 1.98. The number of hydrogen-bond donors (Lipinski definition) is 0. The number of alkyl halides is 2. The predicted octanol–water partition coefficient (Wildman–Crippen LogP) is 3.75. The predicted molar refractivity (Wildman–Crippen MR) is 64.2 cm³/mol. The Hall–Kier alpha value is -0.0231. The Labute approximate surface area is 96.1 Å². The fourth-order valence-corrected chi connectivity index (χ4v) is 1.95. The van der Waals surface area contributed by atoms with Gasteiger partial charge in [-0.2, -0.15) is 0 Å². The second kappa shape index (κ2) is 5.17. The highest BCUT2D eigenvalue weighted by Crippen LogP contribution is 2.20. The summed E-state index contributed by atoms with van der Waals surface area (Å²) in [6.45, 7) is 4.62. The van der Waals surface area contributed by atoms with Crippen LogP contribution in [0.5, 0.6) is 0 Å². The van der Waals surface area contributed by atoms with Gasteiger partial charge in [0.25, 0.3) is 0 Å². The van der Waals surface area contributed by atoms with Crippen LogP contribution in [0, 0.1) is 0 Å². The van der Waals surface area contributed by atoms with E-state index in [2.05, 4.69) is 0 Å². The van der Waals surface area contributed by atoms with Crippen LogP contribution in [-0.2, 0) is 11.0 Å². The van der Waals surface area contributed by atoms with Crippen LogP contribution >= 0.6 is 23.2 Å². The number of hydrogen-bond acceptors (Lipinski definition) is 1. The van der Waals surface area contributed by atoms with Crippen molar-refractivity contribution >= 4 is 31.5 Å². The highest BCUT2D eigenvalue weighted by atomic mass is 35.5. The van der Waals surface area contributed by atoms with Crippen LogP contribution in [0.25, 0.3) is 0 Å². The highest BCUT2D eigenvalue weighted by Gasteiger charge is 2.30. The average Bonchev–Trinajstić information content (AvgIpc) is 2.16. The molecule has 0 N–H and O–H groups in total. The van der Waals surface area contributed by atoms with Crippen LogP contribution in [0.2, 0.25) is 13.1 Å². The minimum atomic E-state index is -1.93. The molecule has 1 nitrogen and oxygen atoms in total. The van der Waals surface area contributed by atoms with Crippen molar-refractivity contribution in [2.45, 2.75) is 24.2 Å². The molecule has 0 saturated heterocycles. The summed E-state index contributed by atoms with van der Waals surface area (Å²) in [5.74, 6) is 0. The van der Waals surface area contributed by atoms with E-state index in [4.69, 9.17) is 27.6 Å². The summed E-state index contributed by atoms with van der Waals surface area (Å²) in [4.78, 5) is 0. The first-order chi connectivity index (χ1) is 6.52. The van der Waals surface area contributed by atoms with Gasteiger partial charge in [-0.25, -0.2) is 0 Å². The molecular formula is C10H14Cl2OSi. The summed E-state index contributed by atoms with van der Waals surface area (Å²) < 4.78 is 5.37. The molecule has 0 spiro atoms. The standard InChI is InChI=1S/C10H14Cl2OSi/c1-14(2,10(11)12)13-8-9-6-4-3-5-7-9/h3-7,10H,8H2,1-2H3. The van der Waals surface area contributed by atoms with Gasteiger partial charge in [-0.1, -0.05) is 30.3 Å². The van der Waals surface area contributed by atoms with Crippen molar-refractivity contribution in [1.29, 1.82) is 0 Å². The molecule has 0 radical (unpaired) electrons. The zero-order valence-corrected chi connectivity index (χ0v) is 10.8. The van der Waals surface area contributed by atoms with E-state index in [1.54, 1.807) is 0 Å². The van der Waals surface area contributed by atoms with Gasteiger partial charge in [0, 0.05) is 0 Å². The van der Waals surface area contributed by atoms with E-state index in [1.165, 1.54) is 0 Å². The second-order valence-electron chi connectivity index (χ2n) is 3.68. The van der Waals surface area contributed by atoms with Crippen molar-refractivity contribution in [2.75, 3.05) is 0 Å². The molecule has 0 atom stereocenters. The Kier molecular flexibility index (Phi) is 4.45. The van der Waals surface area contributed by atoms with Gasteiger partial charge < -0.3 is 4.43 Å². The smallest absolute Gasteiger partial charge is 0.220 e. The zero-order valence-electron chi connectivity index (χ0n) is 8.34. The maximum atomic E-state index is 5.84. The third-order valence-corrected chi connectivity index (χ3v) is 7.07. The molecule has 0 aromatic heterocycles. The second-order valence-corrected chi connectivity index (χ2v) is 9.58. The van der Waals surface area contributed by atoms with Crippen LogP contribution in [0.3, 0.4) is 0 Å². The minimum Gasteiger partial charge on any atom is -0.410 e. The largest absolute Gasteiger partial charge is 0.410 e. The van der Waals surface area contributed by atoms with Gasteiger partial charge in [-0.15, -0.1) is 23.2 Å². The SMILES string of the molecule is C[Si](C)(OCc1ccccc1)C(Cl)Cl. The summed E-state index contributed by atoms with van der Waals surface area (Å²) in [5, 5.41) is 0. The maximum Gasteiger partial charge on any atom is 0.220 e. The van der Waals surface area contributed by atoms with E-state index in [0.29, 0.717) is 6.61 Å². The topological polar surface area (TPSA) is 9.23 Å². The van der Waals surface area contributed by atoms with Crippen LogP contribution in [0.15, 0.2) is 30.3 Å². The first-order valence-corrected chi connectivity index (χ1v) is 8.34. The van der Waals surface area contributed by atoms with Crippen molar-refractivity contribution in [3.63, 3.8) is 0 Å². The van der Waals surface area contributed by atoms with E-state index >= 15 is 0 Å². The van der Waals surface area contributed by atoms with Gasteiger partial charge >= 0.3 is 0 Å². The Morgan fingerprint density at radius 1 is 1.21 bits per heavy atom. The Morgan fingerprint density at radius 2 is 1.79 bits per heavy atom. The summed E-state index contributed by atoms with van der Waals surface area (Å²) in [6.07, 6.45) is 0. The van der Waals surface area contributed by atoms with Crippen molar-refractivity contribution in [1.82, 2.24) is 0 Å². The van der Waals surface area contributed by atoms with Crippen LogP contribution < -0.4 is 0 Å². The summed E-state index contributed by atoms with van der Waals surface area (Å²) in [6, 6.07) is 10.0. The molecule has 0 heterocycles. The normalized spacial score (nSPS) is 12.1. The Morgan fingerprint density at radius 3 is 2.29 bits per heavy atom. The van der Waals surface area contributed by atoms with Crippen LogP contribution in [0.4, 0.5) is 0 Å². The molecule has 0 aliphatic heterocycles. The Bertz CT molecular complexity index is 275. The van der Waals surface area contributed by atoms with Gasteiger partial charge in [-0.05, 0) is 18.7 Å². The molecule has 1 aromatic carbocycles. The van der Waals surface area contributed by atoms with Crippen molar-refractivity contribution < 1.29 is 4.43 Å². The molecular weight excluding hydrogens is 235 g/mol. The van der Waals surface area contributed by atoms with Crippen LogP contribution in [-0.4, -0.2) is 12.8 Å². The molecule has 0 aliphatic rings. The van der Waals surface area contributed by atoms with Gasteiger partial charge in [0.1, 0.15) is 4.46 Å². The summed E-state index contributed by atoms with van der Waals surface area (Å²) >= 11 is 11.7. The minimum absolute atomic E-state index is 0.383. The molecule has 1 rings (SSSR count). The molecule has 14 heavy (non-hydrogen) atoms. The maximum absolute atomic E-state index is 5.84. The van der Waals surface area contributed by atoms with Gasteiger partial charge in [0.05, 0.1) is 6.61 Å². The van der Waals surface area contributed by atoms with E-state index < -0.39 is 8.32 Å². The molecule has 78 valence electrons. The first kappa shape index (κ1) is 12.0.